The second kappa shape index (κ2) is 4.41. The average molecular weight is 192 g/mol. The van der Waals surface area contributed by atoms with Gasteiger partial charge in [-0.3, -0.25) is 9.78 Å². The van der Waals surface area contributed by atoms with Crippen molar-refractivity contribution in [3.8, 4) is 5.75 Å². The number of hydrogen-bond acceptors (Lipinski definition) is 3. The Balaban J connectivity index is 2.70. The van der Waals surface area contributed by atoms with Gasteiger partial charge in [-0.25, -0.2) is 0 Å². The maximum Gasteiger partial charge on any atom is 0.255 e. The molecule has 0 aliphatic heterocycles. The molecular weight excluding hydrogens is 180 g/mol. The molecular formula is C10H12N2O2. The Hall–Kier alpha value is -1.84. The van der Waals surface area contributed by atoms with Gasteiger partial charge in [-0.15, -0.1) is 0 Å². The van der Waals surface area contributed by atoms with Crippen molar-refractivity contribution in [1.82, 2.24) is 10.3 Å². The molecule has 1 aromatic rings. The van der Waals surface area contributed by atoms with Crippen LogP contribution >= 0.6 is 0 Å². The van der Waals surface area contributed by atoms with E-state index in [9.17, 15) is 9.90 Å². The number of amides is 1. The summed E-state index contributed by atoms with van der Waals surface area (Å²) in [4.78, 5) is 15.1. The van der Waals surface area contributed by atoms with Crippen molar-refractivity contribution in [2.24, 2.45) is 0 Å². The van der Waals surface area contributed by atoms with Gasteiger partial charge in [-0.05, 0) is 13.0 Å². The quantitative estimate of drug-likeness (QED) is 0.705. The van der Waals surface area contributed by atoms with Crippen molar-refractivity contribution >= 4 is 5.91 Å². The van der Waals surface area contributed by atoms with E-state index in [-0.39, 0.29) is 17.2 Å². The molecule has 0 aliphatic rings. The maximum atomic E-state index is 11.4. The highest BCUT2D eigenvalue weighted by molar-refractivity contribution is 5.96. The summed E-state index contributed by atoms with van der Waals surface area (Å²) in [7, 11) is 0. The fourth-order valence-corrected chi connectivity index (χ4v) is 0.905. The minimum atomic E-state index is -0.326. The fourth-order valence-electron chi connectivity index (χ4n) is 0.905. The van der Waals surface area contributed by atoms with Gasteiger partial charge in [0.05, 0.1) is 11.8 Å². The molecule has 0 atom stereocenters. The second-order valence-electron chi connectivity index (χ2n) is 3.03. The van der Waals surface area contributed by atoms with Crippen LogP contribution < -0.4 is 5.32 Å². The molecule has 0 fully saturated rings. The lowest BCUT2D eigenvalue weighted by Crippen LogP contribution is -2.24. The molecule has 0 bridgehead atoms. The molecule has 0 aliphatic carbocycles. The van der Waals surface area contributed by atoms with Gasteiger partial charge in [0.1, 0.15) is 5.75 Å². The molecule has 1 aromatic heterocycles. The van der Waals surface area contributed by atoms with Crippen LogP contribution in [0.25, 0.3) is 0 Å². The zero-order valence-electron chi connectivity index (χ0n) is 7.95. The molecule has 0 saturated heterocycles. The van der Waals surface area contributed by atoms with Crippen LogP contribution in [-0.2, 0) is 0 Å². The van der Waals surface area contributed by atoms with Gasteiger partial charge >= 0.3 is 0 Å². The summed E-state index contributed by atoms with van der Waals surface area (Å²) >= 11 is 0. The molecule has 1 amide bonds. The van der Waals surface area contributed by atoms with Gasteiger partial charge in [0, 0.05) is 12.7 Å². The van der Waals surface area contributed by atoms with Crippen molar-refractivity contribution in [2.45, 2.75) is 6.92 Å². The average Bonchev–Trinajstić information content (AvgIpc) is 2.15. The van der Waals surface area contributed by atoms with E-state index in [1.807, 2.05) is 6.92 Å². The zero-order chi connectivity index (χ0) is 10.6. The molecule has 1 heterocycles. The number of pyridine rings is 1. The van der Waals surface area contributed by atoms with Gasteiger partial charge < -0.3 is 10.4 Å². The lowest BCUT2D eigenvalue weighted by molar-refractivity contribution is 0.0954. The summed E-state index contributed by atoms with van der Waals surface area (Å²) < 4.78 is 0. The molecule has 74 valence electrons. The van der Waals surface area contributed by atoms with E-state index in [1.54, 1.807) is 0 Å². The number of rotatable bonds is 3. The first-order valence-corrected chi connectivity index (χ1v) is 4.17. The highest BCUT2D eigenvalue weighted by Gasteiger charge is 2.09. The Morgan fingerprint density at radius 3 is 3.00 bits per heavy atom. The van der Waals surface area contributed by atoms with Crippen LogP contribution in [0.4, 0.5) is 0 Å². The summed E-state index contributed by atoms with van der Waals surface area (Å²) in [6.07, 6.45) is 2.69. The lowest BCUT2D eigenvalue weighted by Gasteiger charge is -2.05. The van der Waals surface area contributed by atoms with E-state index in [2.05, 4.69) is 16.9 Å². The summed E-state index contributed by atoms with van der Waals surface area (Å²) in [6.45, 7) is 5.87. The molecule has 0 saturated carbocycles. The Bertz CT molecular complexity index is 361. The molecule has 0 unspecified atom stereocenters. The molecule has 0 aromatic carbocycles. The van der Waals surface area contributed by atoms with E-state index in [0.29, 0.717) is 6.54 Å². The molecule has 0 radical (unpaired) electrons. The van der Waals surface area contributed by atoms with Gasteiger partial charge in [-0.2, -0.15) is 0 Å². The van der Waals surface area contributed by atoms with Crippen molar-refractivity contribution in [3.05, 3.63) is 36.2 Å². The first-order chi connectivity index (χ1) is 6.61. The summed E-state index contributed by atoms with van der Waals surface area (Å²) in [6, 6.07) is 1.46. The van der Waals surface area contributed by atoms with Crippen molar-refractivity contribution in [3.63, 3.8) is 0 Å². The van der Waals surface area contributed by atoms with E-state index < -0.39 is 0 Å². The Morgan fingerprint density at radius 1 is 1.71 bits per heavy atom. The SMILES string of the molecule is C=C(C)CNC(=O)c1ccncc1O. The first-order valence-electron chi connectivity index (χ1n) is 4.17. The van der Waals surface area contributed by atoms with Crippen LogP contribution in [0.2, 0.25) is 0 Å². The van der Waals surface area contributed by atoms with E-state index in [4.69, 9.17) is 0 Å². The summed E-state index contributed by atoms with van der Waals surface area (Å²) in [5.41, 5.74) is 1.08. The fraction of sp³-hybridized carbons (Fsp3) is 0.200. The highest BCUT2D eigenvalue weighted by atomic mass is 16.3. The number of hydrogen-bond donors (Lipinski definition) is 2. The van der Waals surface area contributed by atoms with E-state index >= 15 is 0 Å². The number of nitrogens with one attached hydrogen (secondary N) is 1. The largest absolute Gasteiger partial charge is 0.505 e. The first kappa shape index (κ1) is 10.2. The van der Waals surface area contributed by atoms with Crippen molar-refractivity contribution < 1.29 is 9.90 Å². The maximum absolute atomic E-state index is 11.4. The Kier molecular flexibility index (Phi) is 3.23. The number of carbonyl (C=O) groups excluding carboxylic acids is 1. The third kappa shape index (κ3) is 2.58. The van der Waals surface area contributed by atoms with Crippen molar-refractivity contribution in [1.29, 1.82) is 0 Å². The van der Waals surface area contributed by atoms with E-state index in [1.165, 1.54) is 18.5 Å². The van der Waals surface area contributed by atoms with Gasteiger partial charge in [0.15, 0.2) is 0 Å². The van der Waals surface area contributed by atoms with Gasteiger partial charge in [0.25, 0.3) is 5.91 Å². The number of carbonyl (C=O) groups is 1. The van der Waals surface area contributed by atoms with Crippen LogP contribution in [0.5, 0.6) is 5.75 Å². The Labute approximate surface area is 82.3 Å². The summed E-state index contributed by atoms with van der Waals surface area (Å²) in [5.74, 6) is -0.445. The van der Waals surface area contributed by atoms with Gasteiger partial charge in [-0.1, -0.05) is 12.2 Å². The normalized spacial score (nSPS) is 9.50. The molecule has 4 nitrogen and oxygen atoms in total. The third-order valence-electron chi connectivity index (χ3n) is 1.60. The number of aromatic nitrogens is 1. The smallest absolute Gasteiger partial charge is 0.255 e. The predicted molar refractivity (Wildman–Crippen MR) is 53.0 cm³/mol. The monoisotopic (exact) mass is 192 g/mol. The van der Waals surface area contributed by atoms with E-state index in [0.717, 1.165) is 5.57 Å². The molecule has 1 rings (SSSR count). The van der Waals surface area contributed by atoms with Crippen LogP contribution in [-0.4, -0.2) is 22.5 Å². The number of aromatic hydroxyl groups is 1. The Morgan fingerprint density at radius 2 is 2.43 bits per heavy atom. The van der Waals surface area contributed by atoms with Crippen LogP contribution in [0.1, 0.15) is 17.3 Å². The predicted octanol–water partition coefficient (Wildman–Crippen LogP) is 1.09. The molecule has 0 spiro atoms. The molecule has 4 heteroatoms. The minimum Gasteiger partial charge on any atom is -0.505 e. The zero-order valence-corrected chi connectivity index (χ0v) is 7.95. The lowest BCUT2D eigenvalue weighted by atomic mass is 10.2. The number of nitrogens with zero attached hydrogens (tertiary/aromatic N) is 1. The standard InChI is InChI=1S/C10H12N2O2/c1-7(2)5-12-10(14)8-3-4-11-6-9(8)13/h3-4,6,13H,1,5H2,2H3,(H,12,14). The summed E-state index contributed by atoms with van der Waals surface area (Å²) in [5, 5.41) is 11.9. The van der Waals surface area contributed by atoms with Crippen LogP contribution in [0, 0.1) is 0 Å². The van der Waals surface area contributed by atoms with Crippen molar-refractivity contribution in [2.75, 3.05) is 6.54 Å². The topological polar surface area (TPSA) is 62.2 Å². The minimum absolute atomic E-state index is 0.119. The van der Waals surface area contributed by atoms with Crippen LogP contribution in [0.15, 0.2) is 30.6 Å². The second-order valence-corrected chi connectivity index (χ2v) is 3.03. The molecule has 2 N–H and O–H groups in total. The third-order valence-corrected chi connectivity index (χ3v) is 1.60. The highest BCUT2D eigenvalue weighted by Crippen LogP contribution is 2.13. The van der Waals surface area contributed by atoms with Crippen LogP contribution in [0.3, 0.4) is 0 Å². The van der Waals surface area contributed by atoms with Gasteiger partial charge in [0.2, 0.25) is 0 Å². The molecule has 14 heavy (non-hydrogen) atoms.